The highest BCUT2D eigenvalue weighted by atomic mass is 35.5. The summed E-state index contributed by atoms with van der Waals surface area (Å²) in [7, 11) is 1.64. The van der Waals surface area contributed by atoms with Gasteiger partial charge in [-0.2, -0.15) is 0 Å². The lowest BCUT2D eigenvalue weighted by Gasteiger charge is -2.25. The molecule has 17 heavy (non-hydrogen) atoms. The zero-order valence-corrected chi connectivity index (χ0v) is 10.4. The van der Waals surface area contributed by atoms with E-state index in [1.54, 1.807) is 19.3 Å². The molecule has 1 atom stereocenters. The second-order valence-electron chi connectivity index (χ2n) is 4.03. The van der Waals surface area contributed by atoms with Crippen LogP contribution in [-0.2, 0) is 4.79 Å². The Morgan fingerprint density at radius 1 is 1.71 bits per heavy atom. The van der Waals surface area contributed by atoms with Crippen LogP contribution in [0.4, 0.5) is 11.5 Å². The Balaban J connectivity index is 2.29. The first-order valence-electron chi connectivity index (χ1n) is 5.52. The number of pyridine rings is 1. The van der Waals surface area contributed by atoms with Gasteiger partial charge in [0.1, 0.15) is 6.04 Å². The van der Waals surface area contributed by atoms with Crippen molar-refractivity contribution in [1.82, 2.24) is 10.3 Å². The van der Waals surface area contributed by atoms with E-state index >= 15 is 0 Å². The van der Waals surface area contributed by atoms with Gasteiger partial charge in [0.25, 0.3) is 0 Å². The maximum Gasteiger partial charge on any atom is 0.242 e. The van der Waals surface area contributed by atoms with Crippen LogP contribution < -0.4 is 16.0 Å². The maximum absolute atomic E-state index is 11.7. The first-order valence-corrected chi connectivity index (χ1v) is 5.90. The summed E-state index contributed by atoms with van der Waals surface area (Å²) >= 11 is 5.81. The molecule has 2 heterocycles. The number of carbonyl (C=O) groups is 1. The number of nitrogens with one attached hydrogen (secondary N) is 1. The summed E-state index contributed by atoms with van der Waals surface area (Å²) in [5.41, 5.74) is 6.39. The van der Waals surface area contributed by atoms with Gasteiger partial charge in [-0.05, 0) is 18.9 Å². The maximum atomic E-state index is 11.7. The highest BCUT2D eigenvalue weighted by Crippen LogP contribution is 2.29. The Labute approximate surface area is 105 Å². The number of carbonyl (C=O) groups excluding carboxylic acids is 1. The van der Waals surface area contributed by atoms with Crippen LogP contribution in [0.15, 0.2) is 12.3 Å². The number of aromatic nitrogens is 1. The van der Waals surface area contributed by atoms with E-state index in [-0.39, 0.29) is 11.9 Å². The van der Waals surface area contributed by atoms with Crippen LogP contribution in [0.25, 0.3) is 0 Å². The first kappa shape index (κ1) is 12.0. The van der Waals surface area contributed by atoms with Gasteiger partial charge in [-0.25, -0.2) is 4.98 Å². The van der Waals surface area contributed by atoms with Crippen molar-refractivity contribution in [1.29, 1.82) is 0 Å². The van der Waals surface area contributed by atoms with Gasteiger partial charge in [0, 0.05) is 19.8 Å². The van der Waals surface area contributed by atoms with Crippen molar-refractivity contribution in [2.24, 2.45) is 0 Å². The van der Waals surface area contributed by atoms with Gasteiger partial charge < -0.3 is 16.0 Å². The number of likely N-dealkylation sites (N-methyl/N-ethyl adjacent to an activating group) is 1. The van der Waals surface area contributed by atoms with Gasteiger partial charge in [-0.1, -0.05) is 11.6 Å². The summed E-state index contributed by atoms with van der Waals surface area (Å²) in [6, 6.07) is 1.47. The molecule has 1 aromatic rings. The molecule has 92 valence electrons. The van der Waals surface area contributed by atoms with Crippen molar-refractivity contribution >= 4 is 29.0 Å². The molecule has 0 bridgehead atoms. The Hall–Kier alpha value is -1.49. The van der Waals surface area contributed by atoms with Crippen molar-refractivity contribution in [3.05, 3.63) is 17.3 Å². The largest absolute Gasteiger partial charge is 0.396 e. The van der Waals surface area contributed by atoms with E-state index in [0.717, 1.165) is 19.4 Å². The first-order chi connectivity index (χ1) is 8.13. The zero-order valence-electron chi connectivity index (χ0n) is 9.61. The number of nitrogens with two attached hydrogens (primary N) is 1. The standard InChI is InChI=1S/C11H15ClN4O/c1-14-11(17)9-3-2-4-16(9)10-8(13)5-7(12)6-15-10/h5-6,9H,2-4,13H2,1H3,(H,14,17). The average molecular weight is 255 g/mol. The SMILES string of the molecule is CNC(=O)C1CCCN1c1ncc(Cl)cc1N. The lowest BCUT2D eigenvalue weighted by molar-refractivity contribution is -0.121. The Morgan fingerprint density at radius 2 is 2.47 bits per heavy atom. The third kappa shape index (κ3) is 2.29. The number of halogens is 1. The van der Waals surface area contributed by atoms with Crippen LogP contribution in [0.5, 0.6) is 0 Å². The van der Waals surface area contributed by atoms with Crippen molar-refractivity contribution in [3.8, 4) is 0 Å². The molecule has 2 rings (SSSR count). The van der Waals surface area contributed by atoms with E-state index in [0.29, 0.717) is 16.5 Å². The zero-order chi connectivity index (χ0) is 12.4. The van der Waals surface area contributed by atoms with E-state index in [9.17, 15) is 4.79 Å². The Kier molecular flexibility index (Phi) is 3.38. The van der Waals surface area contributed by atoms with E-state index < -0.39 is 0 Å². The fourth-order valence-electron chi connectivity index (χ4n) is 2.15. The van der Waals surface area contributed by atoms with E-state index in [4.69, 9.17) is 17.3 Å². The van der Waals surface area contributed by atoms with Gasteiger partial charge >= 0.3 is 0 Å². The van der Waals surface area contributed by atoms with Crippen LogP contribution in [0.1, 0.15) is 12.8 Å². The molecule has 1 aromatic heterocycles. The van der Waals surface area contributed by atoms with Crippen molar-refractivity contribution in [2.75, 3.05) is 24.2 Å². The molecule has 0 aliphatic carbocycles. The molecule has 0 radical (unpaired) electrons. The van der Waals surface area contributed by atoms with Gasteiger partial charge in [0.05, 0.1) is 10.7 Å². The fourth-order valence-corrected chi connectivity index (χ4v) is 2.31. The molecule has 1 aliphatic heterocycles. The van der Waals surface area contributed by atoms with Crippen LogP contribution in [0.2, 0.25) is 5.02 Å². The van der Waals surface area contributed by atoms with Crippen molar-refractivity contribution in [2.45, 2.75) is 18.9 Å². The van der Waals surface area contributed by atoms with Crippen molar-refractivity contribution in [3.63, 3.8) is 0 Å². The summed E-state index contributed by atoms with van der Waals surface area (Å²) in [5.74, 6) is 0.638. The third-order valence-electron chi connectivity index (χ3n) is 2.94. The van der Waals surface area contributed by atoms with Crippen LogP contribution in [-0.4, -0.2) is 30.5 Å². The number of anilines is 2. The molecule has 0 saturated carbocycles. The van der Waals surface area contributed by atoms with Gasteiger partial charge in [-0.3, -0.25) is 4.79 Å². The smallest absolute Gasteiger partial charge is 0.242 e. The molecule has 0 spiro atoms. The summed E-state index contributed by atoms with van der Waals surface area (Å²) in [6.45, 7) is 0.789. The number of hydrogen-bond acceptors (Lipinski definition) is 4. The monoisotopic (exact) mass is 254 g/mol. The minimum Gasteiger partial charge on any atom is -0.396 e. The highest BCUT2D eigenvalue weighted by Gasteiger charge is 2.31. The number of rotatable bonds is 2. The van der Waals surface area contributed by atoms with E-state index in [1.807, 2.05) is 4.90 Å². The number of amides is 1. The summed E-state index contributed by atoms with van der Waals surface area (Å²) in [5, 5.41) is 3.16. The second-order valence-corrected chi connectivity index (χ2v) is 4.47. The number of hydrogen-bond donors (Lipinski definition) is 2. The summed E-state index contributed by atoms with van der Waals surface area (Å²) < 4.78 is 0. The molecule has 1 unspecified atom stereocenters. The van der Waals surface area contributed by atoms with Crippen LogP contribution in [0, 0.1) is 0 Å². The molecular weight excluding hydrogens is 240 g/mol. The van der Waals surface area contributed by atoms with Gasteiger partial charge in [0.2, 0.25) is 5.91 Å². The van der Waals surface area contributed by atoms with Gasteiger partial charge in [0.15, 0.2) is 5.82 Å². The van der Waals surface area contributed by atoms with E-state index in [1.165, 1.54) is 0 Å². The topological polar surface area (TPSA) is 71.2 Å². The van der Waals surface area contributed by atoms with Crippen molar-refractivity contribution < 1.29 is 4.79 Å². The normalized spacial score (nSPS) is 19.4. The van der Waals surface area contributed by atoms with Crippen LogP contribution >= 0.6 is 11.6 Å². The molecule has 1 amide bonds. The molecule has 5 nitrogen and oxygen atoms in total. The molecule has 1 fully saturated rings. The second kappa shape index (κ2) is 4.79. The molecule has 6 heteroatoms. The highest BCUT2D eigenvalue weighted by molar-refractivity contribution is 6.30. The predicted molar refractivity (Wildman–Crippen MR) is 68.1 cm³/mol. The summed E-state index contributed by atoms with van der Waals surface area (Å²) in [4.78, 5) is 17.9. The number of nitrogen functional groups attached to an aromatic ring is 1. The summed E-state index contributed by atoms with van der Waals surface area (Å²) in [6.07, 6.45) is 3.33. The molecular formula is C11H15ClN4O. The molecule has 0 aromatic carbocycles. The molecule has 3 N–H and O–H groups in total. The van der Waals surface area contributed by atoms with Gasteiger partial charge in [-0.15, -0.1) is 0 Å². The lowest BCUT2D eigenvalue weighted by Crippen LogP contribution is -2.42. The molecule has 1 saturated heterocycles. The molecule has 1 aliphatic rings. The number of nitrogens with zero attached hydrogens (tertiary/aromatic N) is 2. The Bertz CT molecular complexity index is 437. The minimum absolute atomic E-state index is 0.00125. The van der Waals surface area contributed by atoms with E-state index in [2.05, 4.69) is 10.3 Å². The Morgan fingerprint density at radius 3 is 3.12 bits per heavy atom. The predicted octanol–water partition coefficient (Wildman–Crippen LogP) is 1.03. The quantitative estimate of drug-likeness (QED) is 0.827. The third-order valence-corrected chi connectivity index (χ3v) is 3.14. The van der Waals surface area contributed by atoms with Crippen LogP contribution in [0.3, 0.4) is 0 Å². The average Bonchev–Trinajstić information content (AvgIpc) is 2.77. The minimum atomic E-state index is -0.184. The fraction of sp³-hybridized carbons (Fsp3) is 0.455. The lowest BCUT2D eigenvalue weighted by atomic mass is 10.2.